The number of benzene rings is 1. The van der Waals surface area contributed by atoms with Crippen molar-refractivity contribution in [1.29, 1.82) is 0 Å². The van der Waals surface area contributed by atoms with Gasteiger partial charge in [-0.1, -0.05) is 18.2 Å². The first-order valence-electron chi connectivity index (χ1n) is 4.25. The molecule has 0 saturated heterocycles. The molecule has 5 heteroatoms. The Kier molecular flexibility index (Phi) is 4.08. The molecule has 0 heterocycles. The molecule has 2 nitrogen and oxygen atoms in total. The Bertz CT molecular complexity index is 327. The van der Waals surface area contributed by atoms with Gasteiger partial charge in [0.25, 0.3) is 0 Å². The summed E-state index contributed by atoms with van der Waals surface area (Å²) in [6.07, 6.45) is 0. The molecule has 82 valence electrons. The Morgan fingerprint density at radius 3 is 2.53 bits per heavy atom. The van der Waals surface area contributed by atoms with Gasteiger partial charge in [0.05, 0.1) is 0 Å². The van der Waals surface area contributed by atoms with Crippen LogP contribution in [0.5, 0.6) is 0 Å². The summed E-state index contributed by atoms with van der Waals surface area (Å²) in [5, 5.41) is -3.09. The highest BCUT2D eigenvalue weighted by atomic mass is 32.2. The first-order valence-corrected chi connectivity index (χ1v) is 5.06. The fraction of sp³-hybridized carbons (Fsp3) is 0.300. The highest BCUT2D eigenvalue weighted by molar-refractivity contribution is 8.00. The molecule has 0 aliphatic carbocycles. The quantitative estimate of drug-likeness (QED) is 0.589. The molecule has 1 aromatic rings. The van der Waals surface area contributed by atoms with Crippen LogP contribution in [-0.4, -0.2) is 17.8 Å². The molecule has 0 atom stereocenters. The highest BCUT2D eigenvalue weighted by Crippen LogP contribution is 2.35. The zero-order valence-corrected chi connectivity index (χ0v) is 8.89. The van der Waals surface area contributed by atoms with E-state index in [-0.39, 0.29) is 0 Å². The van der Waals surface area contributed by atoms with E-state index in [1.807, 2.05) is 0 Å². The smallest absolute Gasteiger partial charge is 0.331 e. The third-order valence-corrected chi connectivity index (χ3v) is 2.38. The number of hydrogen-bond acceptors (Lipinski definition) is 3. The predicted octanol–water partition coefficient (Wildman–Crippen LogP) is 2.93. The van der Waals surface area contributed by atoms with Gasteiger partial charge in [-0.3, -0.25) is 4.79 Å². The van der Waals surface area contributed by atoms with Crippen LogP contribution in [0.1, 0.15) is 6.92 Å². The van der Waals surface area contributed by atoms with E-state index in [0.29, 0.717) is 16.7 Å². The van der Waals surface area contributed by atoms with Gasteiger partial charge in [-0.05, 0) is 23.9 Å². The van der Waals surface area contributed by atoms with Crippen molar-refractivity contribution < 1.29 is 18.3 Å². The summed E-state index contributed by atoms with van der Waals surface area (Å²) in [4.78, 5) is 10.8. The summed E-state index contributed by atoms with van der Waals surface area (Å²) in [5.74, 6) is -0.705. The number of ether oxygens (including phenoxy) is 1. The largest absolute Gasteiger partial charge is 0.458 e. The van der Waals surface area contributed by atoms with Crippen molar-refractivity contribution >= 4 is 17.7 Å². The van der Waals surface area contributed by atoms with Crippen LogP contribution >= 0.6 is 11.8 Å². The number of carbonyl (C=O) groups is 1. The monoisotopic (exact) mass is 232 g/mol. The van der Waals surface area contributed by atoms with Gasteiger partial charge in [-0.15, -0.1) is 0 Å². The van der Waals surface area contributed by atoms with Gasteiger partial charge in [-0.2, -0.15) is 8.78 Å². The molecule has 0 aliphatic rings. The van der Waals surface area contributed by atoms with Gasteiger partial charge in [0, 0.05) is 11.8 Å². The van der Waals surface area contributed by atoms with Crippen LogP contribution in [0.2, 0.25) is 0 Å². The van der Waals surface area contributed by atoms with Crippen molar-refractivity contribution in [2.24, 2.45) is 0 Å². The predicted molar refractivity (Wildman–Crippen MR) is 53.9 cm³/mol. The number of rotatable bonds is 4. The molecule has 0 fully saturated rings. The SMILES string of the molecule is CC(=O)OCC(F)(F)Sc1ccccc1. The average Bonchev–Trinajstić information content (AvgIpc) is 2.16. The molecular formula is C10H10F2O2S. The number of esters is 1. The Hall–Kier alpha value is -1.10. The van der Waals surface area contributed by atoms with Gasteiger partial charge < -0.3 is 4.74 Å². The van der Waals surface area contributed by atoms with Crippen molar-refractivity contribution in [1.82, 2.24) is 0 Å². The van der Waals surface area contributed by atoms with E-state index in [9.17, 15) is 13.6 Å². The number of alkyl halides is 2. The van der Waals surface area contributed by atoms with E-state index in [0.717, 1.165) is 6.92 Å². The fourth-order valence-electron chi connectivity index (χ4n) is 0.876. The maximum Gasteiger partial charge on any atom is 0.331 e. The van der Waals surface area contributed by atoms with Crippen LogP contribution in [0.4, 0.5) is 8.78 Å². The highest BCUT2D eigenvalue weighted by Gasteiger charge is 2.31. The molecule has 0 amide bonds. The van der Waals surface area contributed by atoms with Crippen molar-refractivity contribution in [3.8, 4) is 0 Å². The summed E-state index contributed by atoms with van der Waals surface area (Å²) < 4.78 is 30.6. The van der Waals surface area contributed by atoms with E-state index >= 15 is 0 Å². The minimum atomic E-state index is -3.09. The lowest BCUT2D eigenvalue weighted by Crippen LogP contribution is -2.20. The molecule has 0 saturated carbocycles. The topological polar surface area (TPSA) is 26.3 Å². The van der Waals surface area contributed by atoms with Crippen LogP contribution in [0.3, 0.4) is 0 Å². The second-order valence-electron chi connectivity index (χ2n) is 2.83. The van der Waals surface area contributed by atoms with E-state index in [4.69, 9.17) is 0 Å². The van der Waals surface area contributed by atoms with Crippen LogP contribution in [0.25, 0.3) is 0 Å². The van der Waals surface area contributed by atoms with E-state index in [1.54, 1.807) is 30.3 Å². The normalized spacial score (nSPS) is 11.1. The average molecular weight is 232 g/mol. The van der Waals surface area contributed by atoms with Crippen LogP contribution < -0.4 is 0 Å². The van der Waals surface area contributed by atoms with E-state index < -0.39 is 17.8 Å². The Morgan fingerprint density at radius 1 is 1.40 bits per heavy atom. The zero-order valence-electron chi connectivity index (χ0n) is 8.07. The molecular weight excluding hydrogens is 222 g/mol. The number of carbonyl (C=O) groups excluding carboxylic acids is 1. The standard InChI is InChI=1S/C10H10F2O2S/c1-8(13)14-7-10(11,12)15-9-5-3-2-4-6-9/h2-6H,7H2,1H3. The lowest BCUT2D eigenvalue weighted by Gasteiger charge is -2.14. The van der Waals surface area contributed by atoms with Gasteiger partial charge in [0.15, 0.2) is 6.61 Å². The minimum Gasteiger partial charge on any atom is -0.458 e. The third kappa shape index (κ3) is 4.78. The lowest BCUT2D eigenvalue weighted by molar-refractivity contribution is -0.146. The number of halogens is 2. The summed E-state index contributed by atoms with van der Waals surface area (Å²) >= 11 is 0.377. The van der Waals surface area contributed by atoms with Gasteiger partial charge in [0.1, 0.15) is 0 Å². The number of hydrogen-bond donors (Lipinski definition) is 0. The minimum absolute atomic E-state index is 0.377. The molecule has 1 aromatic carbocycles. The summed E-state index contributed by atoms with van der Waals surface area (Å²) in [7, 11) is 0. The van der Waals surface area contributed by atoms with Crippen molar-refractivity contribution in [3.05, 3.63) is 30.3 Å². The summed E-state index contributed by atoms with van der Waals surface area (Å²) in [6.45, 7) is 0.200. The Labute approximate surface area is 90.6 Å². The Morgan fingerprint density at radius 2 is 2.00 bits per heavy atom. The van der Waals surface area contributed by atoms with Crippen molar-refractivity contribution in [2.75, 3.05) is 6.61 Å². The fourth-order valence-corrected chi connectivity index (χ4v) is 1.63. The molecule has 0 aromatic heterocycles. The molecule has 0 unspecified atom stereocenters. The first-order chi connectivity index (χ1) is 6.99. The molecule has 1 rings (SSSR count). The van der Waals surface area contributed by atoms with Gasteiger partial charge in [-0.25, -0.2) is 0 Å². The van der Waals surface area contributed by atoms with Gasteiger partial charge in [0.2, 0.25) is 0 Å². The molecule has 0 aliphatic heterocycles. The Balaban J connectivity index is 2.52. The number of thioether (sulfide) groups is 1. The maximum atomic E-state index is 13.2. The van der Waals surface area contributed by atoms with Crippen LogP contribution in [-0.2, 0) is 9.53 Å². The summed E-state index contributed by atoms with van der Waals surface area (Å²) in [5.41, 5.74) is 0. The molecule has 15 heavy (non-hydrogen) atoms. The summed E-state index contributed by atoms with van der Waals surface area (Å²) in [6, 6.07) is 8.24. The zero-order chi connectivity index (χ0) is 11.3. The van der Waals surface area contributed by atoms with Crippen LogP contribution in [0, 0.1) is 0 Å². The molecule has 0 spiro atoms. The molecule has 0 radical (unpaired) electrons. The van der Waals surface area contributed by atoms with Gasteiger partial charge >= 0.3 is 11.2 Å². The third-order valence-electron chi connectivity index (χ3n) is 1.45. The van der Waals surface area contributed by atoms with E-state index in [1.165, 1.54) is 0 Å². The van der Waals surface area contributed by atoms with Crippen LogP contribution in [0.15, 0.2) is 35.2 Å². The van der Waals surface area contributed by atoms with E-state index in [2.05, 4.69) is 4.74 Å². The lowest BCUT2D eigenvalue weighted by atomic mass is 10.4. The maximum absolute atomic E-state index is 13.2. The van der Waals surface area contributed by atoms with Crippen molar-refractivity contribution in [3.63, 3.8) is 0 Å². The second kappa shape index (κ2) is 5.11. The first kappa shape index (κ1) is 12.0. The second-order valence-corrected chi connectivity index (χ2v) is 4.11. The molecule has 0 N–H and O–H groups in total. The van der Waals surface area contributed by atoms with Crippen molar-refractivity contribution in [2.45, 2.75) is 17.1 Å². The molecule has 0 bridgehead atoms.